The van der Waals surface area contributed by atoms with Gasteiger partial charge in [0, 0.05) is 24.0 Å². The fraction of sp³-hybridized carbons (Fsp3) is 0.360. The van der Waals surface area contributed by atoms with Crippen molar-refractivity contribution in [1.82, 2.24) is 9.88 Å². The summed E-state index contributed by atoms with van der Waals surface area (Å²) in [5, 5.41) is 0.898. The van der Waals surface area contributed by atoms with Gasteiger partial charge in [0.05, 0.1) is 16.8 Å². The maximum Gasteiger partial charge on any atom is 0.254 e. The van der Waals surface area contributed by atoms with Gasteiger partial charge in [0.25, 0.3) is 5.91 Å². The zero-order chi connectivity index (χ0) is 20.7. The fourth-order valence-electron chi connectivity index (χ4n) is 4.70. The summed E-state index contributed by atoms with van der Waals surface area (Å²) in [6.07, 6.45) is 1.17. The van der Waals surface area contributed by atoms with Crippen LogP contribution in [0.1, 0.15) is 30.6 Å². The molecule has 1 saturated heterocycles. The predicted octanol–water partition coefficient (Wildman–Crippen LogP) is 4.79. The lowest BCUT2D eigenvalue weighted by molar-refractivity contribution is 0.0625. The first kappa shape index (κ1) is 18.9. The van der Waals surface area contributed by atoms with Gasteiger partial charge < -0.3 is 14.4 Å². The minimum atomic E-state index is 0.0887. The van der Waals surface area contributed by atoms with Crippen LogP contribution < -0.4 is 9.47 Å². The Hall–Kier alpha value is -3.08. The standard InChI is InChI=1S/C25H26N2O3/c1-16-11-17(2)15-27(14-16)25(28)20-13-22(26-21-6-4-3-5-19(20)21)18-7-8-23-24(12-18)30-10-9-29-23/h3-8,12-13,16-17H,9-11,14-15H2,1-2H3/t16-,17+. The van der Waals surface area contributed by atoms with E-state index in [2.05, 4.69) is 13.8 Å². The van der Waals surface area contributed by atoms with E-state index in [0.29, 0.717) is 30.6 Å². The van der Waals surface area contributed by atoms with Crippen LogP contribution in [0.3, 0.4) is 0 Å². The zero-order valence-electron chi connectivity index (χ0n) is 17.4. The maximum absolute atomic E-state index is 13.6. The van der Waals surface area contributed by atoms with Crippen molar-refractivity contribution < 1.29 is 14.3 Å². The minimum absolute atomic E-state index is 0.0887. The molecule has 0 saturated carbocycles. The number of likely N-dealkylation sites (tertiary alicyclic amines) is 1. The van der Waals surface area contributed by atoms with E-state index in [1.807, 2.05) is 53.4 Å². The number of hydrogen-bond donors (Lipinski definition) is 0. The molecular formula is C25H26N2O3. The number of para-hydroxylation sites is 1. The van der Waals surface area contributed by atoms with Gasteiger partial charge >= 0.3 is 0 Å². The van der Waals surface area contributed by atoms with E-state index in [9.17, 15) is 4.79 Å². The van der Waals surface area contributed by atoms with Crippen LogP contribution in [0.5, 0.6) is 11.5 Å². The van der Waals surface area contributed by atoms with Crippen LogP contribution in [0, 0.1) is 11.8 Å². The van der Waals surface area contributed by atoms with Crippen LogP contribution in [-0.2, 0) is 0 Å². The van der Waals surface area contributed by atoms with Crippen LogP contribution >= 0.6 is 0 Å². The first-order chi connectivity index (χ1) is 14.6. The molecule has 0 bridgehead atoms. The summed E-state index contributed by atoms with van der Waals surface area (Å²) in [5.74, 6) is 2.59. The highest BCUT2D eigenvalue weighted by atomic mass is 16.6. The van der Waals surface area contributed by atoms with E-state index in [-0.39, 0.29) is 5.91 Å². The number of amides is 1. The monoisotopic (exact) mass is 402 g/mol. The summed E-state index contributed by atoms with van der Waals surface area (Å²) in [6, 6.07) is 15.6. The molecule has 5 rings (SSSR count). The van der Waals surface area contributed by atoms with Gasteiger partial charge in [-0.2, -0.15) is 0 Å². The van der Waals surface area contributed by atoms with E-state index in [1.165, 1.54) is 6.42 Å². The van der Waals surface area contributed by atoms with Crippen molar-refractivity contribution in [2.45, 2.75) is 20.3 Å². The minimum Gasteiger partial charge on any atom is -0.486 e. The first-order valence-electron chi connectivity index (χ1n) is 10.7. The number of benzene rings is 2. The lowest BCUT2D eigenvalue weighted by Crippen LogP contribution is -2.42. The largest absolute Gasteiger partial charge is 0.486 e. The molecule has 3 heterocycles. The molecule has 2 aliphatic rings. The van der Waals surface area contributed by atoms with E-state index < -0.39 is 0 Å². The molecule has 1 aromatic heterocycles. The molecule has 0 N–H and O–H groups in total. The van der Waals surface area contributed by atoms with Crippen LogP contribution in [0.25, 0.3) is 22.2 Å². The number of ether oxygens (including phenoxy) is 2. The van der Waals surface area contributed by atoms with Crippen LogP contribution in [0.2, 0.25) is 0 Å². The van der Waals surface area contributed by atoms with Gasteiger partial charge in [0.1, 0.15) is 13.2 Å². The van der Waals surface area contributed by atoms with Crippen LogP contribution in [0.4, 0.5) is 0 Å². The Morgan fingerprint density at radius 3 is 2.50 bits per heavy atom. The van der Waals surface area contributed by atoms with Crippen molar-refractivity contribution in [2.75, 3.05) is 26.3 Å². The molecule has 0 unspecified atom stereocenters. The van der Waals surface area contributed by atoms with Crippen molar-refractivity contribution in [3.05, 3.63) is 54.1 Å². The number of carbonyl (C=O) groups excluding carboxylic acids is 1. The molecule has 1 amide bonds. The number of hydrogen-bond acceptors (Lipinski definition) is 4. The van der Waals surface area contributed by atoms with Gasteiger partial charge in [-0.3, -0.25) is 4.79 Å². The van der Waals surface area contributed by atoms with Crippen molar-refractivity contribution in [3.8, 4) is 22.8 Å². The average Bonchev–Trinajstić information content (AvgIpc) is 2.77. The topological polar surface area (TPSA) is 51.7 Å². The molecule has 154 valence electrons. The summed E-state index contributed by atoms with van der Waals surface area (Å²) in [5.41, 5.74) is 3.23. The molecule has 5 heteroatoms. The van der Waals surface area contributed by atoms with E-state index in [1.54, 1.807) is 0 Å². The molecular weight excluding hydrogens is 376 g/mol. The Labute approximate surface area is 176 Å². The Bertz CT molecular complexity index is 1100. The Morgan fingerprint density at radius 2 is 1.70 bits per heavy atom. The van der Waals surface area contributed by atoms with Gasteiger partial charge in [-0.05, 0) is 48.6 Å². The normalized spacial score (nSPS) is 20.9. The zero-order valence-corrected chi connectivity index (χ0v) is 17.4. The summed E-state index contributed by atoms with van der Waals surface area (Å²) in [4.78, 5) is 20.4. The highest BCUT2D eigenvalue weighted by molar-refractivity contribution is 6.07. The number of fused-ring (bicyclic) bond motifs is 2. The van der Waals surface area contributed by atoms with Crippen molar-refractivity contribution in [1.29, 1.82) is 0 Å². The van der Waals surface area contributed by atoms with E-state index >= 15 is 0 Å². The second-order valence-electron chi connectivity index (χ2n) is 8.59. The second kappa shape index (κ2) is 7.63. The van der Waals surface area contributed by atoms with Crippen molar-refractivity contribution in [2.24, 2.45) is 11.8 Å². The SMILES string of the molecule is C[C@@H]1C[C@H](C)CN(C(=O)c2cc(-c3ccc4c(c3)OCCO4)nc3ccccc23)C1. The number of rotatable bonds is 2. The third-order valence-corrected chi connectivity index (χ3v) is 5.94. The van der Waals surface area contributed by atoms with Gasteiger partial charge in [-0.15, -0.1) is 0 Å². The lowest BCUT2D eigenvalue weighted by Gasteiger charge is -2.35. The molecule has 0 aliphatic carbocycles. The lowest BCUT2D eigenvalue weighted by atomic mass is 9.91. The maximum atomic E-state index is 13.6. The van der Waals surface area contributed by atoms with E-state index in [0.717, 1.165) is 46.7 Å². The van der Waals surface area contributed by atoms with Crippen LogP contribution in [0.15, 0.2) is 48.5 Å². The Morgan fingerprint density at radius 1 is 0.967 bits per heavy atom. The molecule has 3 aromatic rings. The highest BCUT2D eigenvalue weighted by Crippen LogP contribution is 2.35. The van der Waals surface area contributed by atoms with Crippen molar-refractivity contribution >= 4 is 16.8 Å². The third-order valence-electron chi connectivity index (χ3n) is 5.94. The van der Waals surface area contributed by atoms with Gasteiger partial charge in [0.2, 0.25) is 0 Å². The van der Waals surface area contributed by atoms with Gasteiger partial charge in [-0.25, -0.2) is 4.98 Å². The smallest absolute Gasteiger partial charge is 0.254 e. The summed E-state index contributed by atoms with van der Waals surface area (Å²) < 4.78 is 11.4. The molecule has 0 radical (unpaired) electrons. The second-order valence-corrected chi connectivity index (χ2v) is 8.59. The Kier molecular flexibility index (Phi) is 4.81. The molecule has 2 atom stereocenters. The molecule has 1 fully saturated rings. The molecule has 2 aromatic carbocycles. The van der Waals surface area contributed by atoms with Gasteiger partial charge in [-0.1, -0.05) is 32.0 Å². The molecule has 0 spiro atoms. The number of pyridine rings is 1. The first-order valence-corrected chi connectivity index (χ1v) is 10.7. The number of nitrogens with zero attached hydrogens (tertiary/aromatic N) is 2. The fourth-order valence-corrected chi connectivity index (χ4v) is 4.70. The quantitative estimate of drug-likeness (QED) is 0.618. The molecule has 30 heavy (non-hydrogen) atoms. The Balaban J connectivity index is 1.59. The van der Waals surface area contributed by atoms with Crippen LogP contribution in [-0.4, -0.2) is 42.1 Å². The molecule has 2 aliphatic heterocycles. The third kappa shape index (κ3) is 3.49. The number of piperidine rings is 1. The molecule has 5 nitrogen and oxygen atoms in total. The van der Waals surface area contributed by atoms with Gasteiger partial charge in [0.15, 0.2) is 11.5 Å². The van der Waals surface area contributed by atoms with Crippen molar-refractivity contribution in [3.63, 3.8) is 0 Å². The average molecular weight is 402 g/mol. The number of carbonyl (C=O) groups is 1. The predicted molar refractivity (Wildman–Crippen MR) is 117 cm³/mol. The highest BCUT2D eigenvalue weighted by Gasteiger charge is 2.27. The van der Waals surface area contributed by atoms with E-state index in [4.69, 9.17) is 14.5 Å². The number of aromatic nitrogens is 1. The summed E-state index contributed by atoms with van der Waals surface area (Å²) in [6.45, 7) is 7.16. The summed E-state index contributed by atoms with van der Waals surface area (Å²) in [7, 11) is 0. The summed E-state index contributed by atoms with van der Waals surface area (Å²) >= 11 is 0.